The molecule has 4 heteroatoms. The van der Waals surface area contributed by atoms with Crippen LogP contribution in [-0.4, -0.2) is 21.7 Å². The first-order valence-corrected chi connectivity index (χ1v) is 10.1. The quantitative estimate of drug-likeness (QED) is 0.638. The van der Waals surface area contributed by atoms with Gasteiger partial charge in [-0.2, -0.15) is 0 Å². The predicted octanol–water partition coefficient (Wildman–Crippen LogP) is 3.65. The van der Waals surface area contributed by atoms with E-state index in [2.05, 4.69) is 36.2 Å². The normalized spacial score (nSPS) is 28.9. The molecule has 0 spiro atoms. The molecule has 0 N–H and O–H groups in total. The summed E-state index contributed by atoms with van der Waals surface area (Å²) in [7, 11) is 0. The summed E-state index contributed by atoms with van der Waals surface area (Å²) in [5.74, 6) is -0.871. The monoisotopic (exact) mass is 380 g/mol. The van der Waals surface area contributed by atoms with Gasteiger partial charge in [-0.05, 0) is 33.9 Å². The third kappa shape index (κ3) is 1.96. The van der Waals surface area contributed by atoms with Gasteiger partial charge in [0.15, 0.2) is 0 Å². The highest BCUT2D eigenvalue weighted by atomic mass is 16.2. The maximum absolute atomic E-state index is 13.7. The van der Waals surface area contributed by atoms with Gasteiger partial charge in [-0.3, -0.25) is 19.5 Å². The van der Waals surface area contributed by atoms with E-state index in [0.29, 0.717) is 0 Å². The number of carbonyl (C=O) groups excluding carboxylic acids is 2. The van der Waals surface area contributed by atoms with Gasteiger partial charge in [0.1, 0.15) is 0 Å². The fraction of sp³-hybridized carbons (Fsp3) is 0.240. The molecular weight excluding hydrogens is 360 g/mol. The zero-order valence-electron chi connectivity index (χ0n) is 16.1. The molecule has 1 fully saturated rings. The number of hydrogen-bond donors (Lipinski definition) is 0. The molecule has 1 saturated heterocycles. The Balaban J connectivity index is 1.55. The predicted molar refractivity (Wildman–Crippen MR) is 108 cm³/mol. The second kappa shape index (κ2) is 5.63. The first-order valence-electron chi connectivity index (χ1n) is 10.1. The minimum absolute atomic E-state index is 0.0518. The first kappa shape index (κ1) is 16.7. The minimum atomic E-state index is -0.497. The maximum Gasteiger partial charge on any atom is 0.234 e. The van der Waals surface area contributed by atoms with Gasteiger partial charge in [0.2, 0.25) is 11.8 Å². The van der Waals surface area contributed by atoms with E-state index < -0.39 is 5.41 Å². The lowest BCUT2D eigenvalue weighted by molar-refractivity contribution is -0.140. The molecule has 29 heavy (non-hydrogen) atoms. The molecular formula is C25H20N2O2. The summed E-state index contributed by atoms with van der Waals surface area (Å²) in [6.07, 6.45) is 3.42. The maximum atomic E-state index is 13.7. The SMILES string of the molecule is CC12c3ccccc3C(c3ccccc31)[C@@H]1C(=O)N(Cc3cccnc3)C(=O)[C@@H]12. The molecule has 2 atom stereocenters. The van der Waals surface area contributed by atoms with E-state index >= 15 is 0 Å². The zero-order chi connectivity index (χ0) is 19.8. The molecule has 1 aromatic heterocycles. The largest absolute Gasteiger partial charge is 0.277 e. The Morgan fingerprint density at radius 1 is 0.897 bits per heavy atom. The Bertz CT molecular complexity index is 1120. The summed E-state index contributed by atoms with van der Waals surface area (Å²) < 4.78 is 0. The number of hydrogen-bond acceptors (Lipinski definition) is 3. The lowest BCUT2D eigenvalue weighted by atomic mass is 9.48. The molecule has 0 saturated carbocycles. The van der Waals surface area contributed by atoms with Crippen LogP contribution < -0.4 is 0 Å². The molecule has 2 aromatic carbocycles. The van der Waals surface area contributed by atoms with Crippen molar-refractivity contribution in [1.82, 2.24) is 9.88 Å². The van der Waals surface area contributed by atoms with Gasteiger partial charge in [-0.1, -0.05) is 61.5 Å². The van der Waals surface area contributed by atoms with Crippen LogP contribution in [0.4, 0.5) is 0 Å². The molecule has 4 aliphatic rings. The highest BCUT2D eigenvalue weighted by Crippen LogP contribution is 2.63. The van der Waals surface area contributed by atoms with E-state index in [1.54, 1.807) is 12.4 Å². The van der Waals surface area contributed by atoms with Gasteiger partial charge in [0.25, 0.3) is 0 Å². The van der Waals surface area contributed by atoms with Crippen LogP contribution in [0.2, 0.25) is 0 Å². The van der Waals surface area contributed by atoms with Gasteiger partial charge in [0, 0.05) is 23.7 Å². The van der Waals surface area contributed by atoms with Crippen molar-refractivity contribution in [1.29, 1.82) is 0 Å². The van der Waals surface area contributed by atoms with Crippen molar-refractivity contribution >= 4 is 11.8 Å². The molecule has 3 aliphatic carbocycles. The Hall–Kier alpha value is -3.27. The van der Waals surface area contributed by atoms with Crippen molar-refractivity contribution < 1.29 is 9.59 Å². The number of aromatic nitrogens is 1. The van der Waals surface area contributed by atoms with Crippen molar-refractivity contribution in [2.24, 2.45) is 11.8 Å². The number of rotatable bonds is 2. The number of nitrogens with zero attached hydrogens (tertiary/aromatic N) is 2. The minimum Gasteiger partial charge on any atom is -0.277 e. The van der Waals surface area contributed by atoms with Crippen LogP contribution in [0.25, 0.3) is 0 Å². The molecule has 4 nitrogen and oxygen atoms in total. The van der Waals surface area contributed by atoms with Crippen LogP contribution in [0.1, 0.15) is 40.7 Å². The summed E-state index contributed by atoms with van der Waals surface area (Å²) in [5.41, 5.74) is 5.14. The van der Waals surface area contributed by atoms with Gasteiger partial charge in [0.05, 0.1) is 18.4 Å². The van der Waals surface area contributed by atoms with Crippen LogP contribution in [0.5, 0.6) is 0 Å². The lowest BCUT2D eigenvalue weighted by Crippen LogP contribution is -2.51. The summed E-state index contributed by atoms with van der Waals surface area (Å²) >= 11 is 0. The second-order valence-corrected chi connectivity index (χ2v) is 8.48. The number of amides is 2. The molecule has 0 unspecified atom stereocenters. The topological polar surface area (TPSA) is 50.3 Å². The van der Waals surface area contributed by atoms with Crippen molar-refractivity contribution in [3.8, 4) is 0 Å². The Morgan fingerprint density at radius 2 is 1.55 bits per heavy atom. The van der Waals surface area contributed by atoms with Crippen molar-refractivity contribution in [2.75, 3.05) is 0 Å². The summed E-state index contributed by atoms with van der Waals surface area (Å²) in [6.45, 7) is 2.43. The Kier molecular flexibility index (Phi) is 3.24. The summed E-state index contributed by atoms with van der Waals surface area (Å²) in [6, 6.07) is 20.4. The standard InChI is InChI=1S/C25H20N2O2/c1-25-18-10-4-2-8-16(18)20(17-9-3-5-11-19(17)25)21-22(25)24(29)27(23(21)28)14-15-7-6-12-26-13-15/h2-13,20-22H,14H2,1H3/t20?,21-,22+,25?/m0/s1. The second-order valence-electron chi connectivity index (χ2n) is 8.48. The van der Waals surface area contributed by atoms with E-state index in [9.17, 15) is 9.59 Å². The fourth-order valence-electron chi connectivity index (χ4n) is 6.04. The van der Waals surface area contributed by atoms with E-state index in [1.165, 1.54) is 27.2 Å². The van der Waals surface area contributed by atoms with E-state index in [1.807, 2.05) is 36.4 Å². The van der Waals surface area contributed by atoms with E-state index in [0.717, 1.165) is 5.56 Å². The molecule has 2 amide bonds. The van der Waals surface area contributed by atoms with Crippen LogP contribution >= 0.6 is 0 Å². The zero-order valence-corrected chi connectivity index (χ0v) is 16.1. The number of carbonyl (C=O) groups is 2. The number of benzene rings is 2. The molecule has 7 rings (SSSR count). The molecule has 3 aromatic rings. The first-order chi connectivity index (χ1) is 14.1. The van der Waals surface area contributed by atoms with E-state index in [4.69, 9.17) is 0 Å². The van der Waals surface area contributed by atoms with Gasteiger partial charge >= 0.3 is 0 Å². The molecule has 142 valence electrons. The van der Waals surface area contributed by atoms with Gasteiger partial charge in [-0.25, -0.2) is 0 Å². The number of likely N-dealkylation sites (tertiary alicyclic amines) is 1. The van der Waals surface area contributed by atoms with Crippen LogP contribution in [0, 0.1) is 11.8 Å². The number of imide groups is 1. The summed E-state index contributed by atoms with van der Waals surface area (Å²) in [4.78, 5) is 32.9. The van der Waals surface area contributed by atoms with Crippen molar-refractivity contribution in [2.45, 2.75) is 24.8 Å². The van der Waals surface area contributed by atoms with Gasteiger partial charge < -0.3 is 0 Å². The average molecular weight is 380 g/mol. The smallest absolute Gasteiger partial charge is 0.234 e. The molecule has 2 heterocycles. The van der Waals surface area contributed by atoms with E-state index in [-0.39, 0.29) is 36.1 Å². The van der Waals surface area contributed by atoms with Crippen LogP contribution in [0.3, 0.4) is 0 Å². The molecule has 2 bridgehead atoms. The van der Waals surface area contributed by atoms with Crippen LogP contribution in [-0.2, 0) is 21.5 Å². The Morgan fingerprint density at radius 3 is 2.17 bits per heavy atom. The molecule has 1 aliphatic heterocycles. The average Bonchev–Trinajstić information content (AvgIpc) is 3.01. The third-order valence-corrected chi connectivity index (χ3v) is 7.20. The molecule has 0 radical (unpaired) electrons. The highest BCUT2D eigenvalue weighted by Gasteiger charge is 2.66. The third-order valence-electron chi connectivity index (χ3n) is 7.20. The summed E-state index contributed by atoms with van der Waals surface area (Å²) in [5, 5.41) is 0. The lowest BCUT2D eigenvalue weighted by Gasteiger charge is -2.52. The fourth-order valence-corrected chi connectivity index (χ4v) is 6.04. The Labute approximate surface area is 169 Å². The van der Waals surface area contributed by atoms with Gasteiger partial charge in [-0.15, -0.1) is 0 Å². The highest BCUT2D eigenvalue weighted by molar-refractivity contribution is 6.08. The number of pyridine rings is 1. The van der Waals surface area contributed by atoms with Crippen molar-refractivity contribution in [3.05, 3.63) is 101 Å². The van der Waals surface area contributed by atoms with Crippen molar-refractivity contribution in [3.63, 3.8) is 0 Å². The van der Waals surface area contributed by atoms with Crippen LogP contribution in [0.15, 0.2) is 73.1 Å².